The minimum atomic E-state index is -0.0846. The molecule has 4 heteroatoms. The van der Waals surface area contributed by atoms with Crippen LogP contribution in [0.1, 0.15) is 37.9 Å². The van der Waals surface area contributed by atoms with E-state index >= 15 is 0 Å². The number of hydrogen-bond acceptors (Lipinski definition) is 3. The van der Waals surface area contributed by atoms with E-state index in [1.54, 1.807) is 6.92 Å². The Balaban J connectivity index is 1.90. The quantitative estimate of drug-likeness (QED) is 0.821. The van der Waals surface area contributed by atoms with Crippen LogP contribution in [0.3, 0.4) is 0 Å². The summed E-state index contributed by atoms with van der Waals surface area (Å²) in [5, 5.41) is 3.26. The van der Waals surface area contributed by atoms with E-state index in [-0.39, 0.29) is 5.56 Å². The molecule has 0 spiro atoms. The Labute approximate surface area is 95.5 Å². The number of hydrogen-bond donors (Lipinski definition) is 2. The average molecular weight is 221 g/mol. The van der Waals surface area contributed by atoms with Gasteiger partial charge in [0.2, 0.25) is 0 Å². The maximum atomic E-state index is 11.2. The molecule has 4 nitrogen and oxygen atoms in total. The van der Waals surface area contributed by atoms with Crippen molar-refractivity contribution in [3.8, 4) is 0 Å². The summed E-state index contributed by atoms with van der Waals surface area (Å²) in [6.45, 7) is 2.74. The number of rotatable bonds is 3. The van der Waals surface area contributed by atoms with Crippen molar-refractivity contribution >= 4 is 5.82 Å². The molecule has 0 bridgehead atoms. The van der Waals surface area contributed by atoms with Crippen LogP contribution in [-0.2, 0) is 0 Å². The second kappa shape index (κ2) is 5.14. The Bertz CT molecular complexity index is 393. The van der Waals surface area contributed by atoms with E-state index in [2.05, 4.69) is 15.3 Å². The highest BCUT2D eigenvalue weighted by atomic mass is 16.1. The smallest absolute Gasteiger partial charge is 0.252 e. The number of nitrogens with zero attached hydrogens (tertiary/aromatic N) is 1. The first-order valence-corrected chi connectivity index (χ1v) is 6.06. The van der Waals surface area contributed by atoms with E-state index in [0.717, 1.165) is 12.5 Å². The molecule has 1 aromatic rings. The molecule has 1 aliphatic rings. The van der Waals surface area contributed by atoms with Gasteiger partial charge in [-0.05, 0) is 25.7 Å². The van der Waals surface area contributed by atoms with Gasteiger partial charge in [-0.3, -0.25) is 4.79 Å². The molecule has 1 heterocycles. The number of H-pyrrole nitrogens is 1. The summed E-state index contributed by atoms with van der Waals surface area (Å²) in [6, 6.07) is 1.52. The van der Waals surface area contributed by atoms with Crippen molar-refractivity contribution in [2.45, 2.75) is 39.0 Å². The summed E-state index contributed by atoms with van der Waals surface area (Å²) in [5.41, 5.74) is -0.0846. The van der Waals surface area contributed by atoms with Crippen molar-refractivity contribution in [2.24, 2.45) is 5.92 Å². The van der Waals surface area contributed by atoms with Crippen LogP contribution >= 0.6 is 0 Å². The molecular weight excluding hydrogens is 202 g/mol. The van der Waals surface area contributed by atoms with E-state index in [4.69, 9.17) is 0 Å². The number of aromatic amines is 1. The Hall–Kier alpha value is -1.32. The highest BCUT2D eigenvalue weighted by Gasteiger charge is 2.13. The van der Waals surface area contributed by atoms with Crippen molar-refractivity contribution < 1.29 is 0 Å². The fraction of sp³-hybridized carbons (Fsp3) is 0.667. The largest absolute Gasteiger partial charge is 0.370 e. The summed E-state index contributed by atoms with van der Waals surface area (Å²) >= 11 is 0. The summed E-state index contributed by atoms with van der Waals surface area (Å²) in [5.74, 6) is 2.11. The zero-order valence-corrected chi connectivity index (χ0v) is 9.75. The lowest BCUT2D eigenvalue weighted by Gasteiger charge is -2.21. The molecule has 0 aromatic carbocycles. The maximum absolute atomic E-state index is 11.2. The number of aryl methyl sites for hydroxylation is 1. The summed E-state index contributed by atoms with van der Waals surface area (Å²) in [4.78, 5) is 18.1. The highest BCUT2D eigenvalue weighted by Crippen LogP contribution is 2.23. The average Bonchev–Trinajstić information content (AvgIpc) is 2.27. The van der Waals surface area contributed by atoms with Crippen LogP contribution in [0.2, 0.25) is 0 Å². The van der Waals surface area contributed by atoms with Gasteiger partial charge in [0, 0.05) is 12.6 Å². The van der Waals surface area contributed by atoms with Gasteiger partial charge in [-0.25, -0.2) is 4.98 Å². The molecular formula is C12H19N3O. The van der Waals surface area contributed by atoms with Crippen LogP contribution in [-0.4, -0.2) is 16.5 Å². The van der Waals surface area contributed by atoms with Crippen molar-refractivity contribution in [3.05, 3.63) is 22.2 Å². The first-order valence-electron chi connectivity index (χ1n) is 6.06. The van der Waals surface area contributed by atoms with Crippen molar-refractivity contribution in [3.63, 3.8) is 0 Å². The van der Waals surface area contributed by atoms with Gasteiger partial charge >= 0.3 is 0 Å². The monoisotopic (exact) mass is 221 g/mol. The molecule has 2 N–H and O–H groups in total. The standard InChI is InChI=1S/C12H19N3O/c1-9-14-11(7-12(16)15-9)13-8-10-5-3-2-4-6-10/h7,10H,2-6,8H2,1H3,(H2,13,14,15,16). The molecule has 1 aromatic heterocycles. The highest BCUT2D eigenvalue weighted by molar-refractivity contribution is 5.32. The van der Waals surface area contributed by atoms with Gasteiger partial charge in [0.05, 0.1) is 0 Å². The number of aromatic nitrogens is 2. The molecule has 0 atom stereocenters. The molecule has 1 saturated carbocycles. The SMILES string of the molecule is Cc1nc(NCC2CCCCC2)cc(=O)[nH]1. The van der Waals surface area contributed by atoms with Crippen molar-refractivity contribution in [1.82, 2.24) is 9.97 Å². The zero-order valence-electron chi connectivity index (χ0n) is 9.75. The predicted octanol–water partition coefficient (Wildman–Crippen LogP) is 2.07. The van der Waals surface area contributed by atoms with Gasteiger partial charge < -0.3 is 10.3 Å². The van der Waals surface area contributed by atoms with Gasteiger partial charge in [0.15, 0.2) is 0 Å². The van der Waals surface area contributed by atoms with Gasteiger partial charge in [0.25, 0.3) is 5.56 Å². The maximum Gasteiger partial charge on any atom is 0.252 e. The zero-order chi connectivity index (χ0) is 11.4. The van der Waals surface area contributed by atoms with Gasteiger partial charge in [0.1, 0.15) is 11.6 Å². The van der Waals surface area contributed by atoms with E-state index in [0.29, 0.717) is 11.6 Å². The summed E-state index contributed by atoms with van der Waals surface area (Å²) in [6.07, 6.45) is 6.66. The molecule has 2 rings (SSSR count). The first-order chi connectivity index (χ1) is 7.74. The van der Waals surface area contributed by atoms with E-state index < -0.39 is 0 Å². The van der Waals surface area contributed by atoms with Crippen LogP contribution < -0.4 is 10.9 Å². The van der Waals surface area contributed by atoms with E-state index in [9.17, 15) is 4.79 Å². The molecule has 88 valence electrons. The summed E-state index contributed by atoms with van der Waals surface area (Å²) < 4.78 is 0. The van der Waals surface area contributed by atoms with Crippen LogP contribution in [0, 0.1) is 12.8 Å². The van der Waals surface area contributed by atoms with Crippen molar-refractivity contribution in [2.75, 3.05) is 11.9 Å². The third kappa shape index (κ3) is 3.08. The normalized spacial score (nSPS) is 17.3. The second-order valence-corrected chi connectivity index (χ2v) is 4.60. The molecule has 0 saturated heterocycles. The van der Waals surface area contributed by atoms with E-state index in [1.165, 1.54) is 38.2 Å². The lowest BCUT2D eigenvalue weighted by atomic mass is 9.89. The Morgan fingerprint density at radius 2 is 2.19 bits per heavy atom. The number of anilines is 1. The molecule has 1 fully saturated rings. The molecule has 16 heavy (non-hydrogen) atoms. The number of nitrogens with one attached hydrogen (secondary N) is 2. The molecule has 0 unspecified atom stereocenters. The molecule has 0 radical (unpaired) electrons. The van der Waals surface area contributed by atoms with Gasteiger partial charge in [-0.15, -0.1) is 0 Å². The Morgan fingerprint density at radius 3 is 2.88 bits per heavy atom. The molecule has 0 aliphatic heterocycles. The minimum Gasteiger partial charge on any atom is -0.370 e. The van der Waals surface area contributed by atoms with Crippen molar-refractivity contribution in [1.29, 1.82) is 0 Å². The molecule has 0 amide bonds. The molecule has 1 aliphatic carbocycles. The minimum absolute atomic E-state index is 0.0846. The van der Waals surface area contributed by atoms with Crippen LogP contribution in [0.4, 0.5) is 5.82 Å². The lowest BCUT2D eigenvalue weighted by Crippen LogP contribution is -2.19. The topological polar surface area (TPSA) is 57.8 Å². The fourth-order valence-electron chi connectivity index (χ4n) is 2.31. The first kappa shape index (κ1) is 11.2. The third-order valence-electron chi connectivity index (χ3n) is 3.16. The van der Waals surface area contributed by atoms with Gasteiger partial charge in [-0.1, -0.05) is 19.3 Å². The van der Waals surface area contributed by atoms with Crippen LogP contribution in [0.25, 0.3) is 0 Å². The predicted molar refractivity (Wildman–Crippen MR) is 64.7 cm³/mol. The Kier molecular flexibility index (Phi) is 3.59. The van der Waals surface area contributed by atoms with Crippen LogP contribution in [0.5, 0.6) is 0 Å². The third-order valence-corrected chi connectivity index (χ3v) is 3.16. The summed E-state index contributed by atoms with van der Waals surface area (Å²) in [7, 11) is 0. The second-order valence-electron chi connectivity index (χ2n) is 4.60. The Morgan fingerprint density at radius 1 is 1.44 bits per heavy atom. The van der Waals surface area contributed by atoms with Gasteiger partial charge in [-0.2, -0.15) is 0 Å². The lowest BCUT2D eigenvalue weighted by molar-refractivity contribution is 0.373. The van der Waals surface area contributed by atoms with E-state index in [1.807, 2.05) is 0 Å². The fourth-order valence-corrected chi connectivity index (χ4v) is 2.31. The van der Waals surface area contributed by atoms with Crippen LogP contribution in [0.15, 0.2) is 10.9 Å².